The Morgan fingerprint density at radius 1 is 1.00 bits per heavy atom. The summed E-state index contributed by atoms with van der Waals surface area (Å²) in [7, 11) is 0. The van der Waals surface area contributed by atoms with Crippen molar-refractivity contribution in [1.29, 1.82) is 0 Å². The summed E-state index contributed by atoms with van der Waals surface area (Å²) < 4.78 is 0. The predicted molar refractivity (Wildman–Crippen MR) is 107 cm³/mol. The normalized spacial score (nSPS) is 21.1. The van der Waals surface area contributed by atoms with Gasteiger partial charge < -0.3 is 16.0 Å². The average Bonchev–Trinajstić information content (AvgIpc) is 2.58. The molecule has 2 rings (SSSR count). The topological polar surface area (TPSA) is 70.2 Å². The van der Waals surface area contributed by atoms with E-state index < -0.39 is 0 Å². The number of rotatable bonds is 7. The van der Waals surface area contributed by atoms with Crippen LogP contribution in [0.25, 0.3) is 0 Å². The molecule has 0 saturated heterocycles. The molecule has 0 bridgehead atoms. The van der Waals surface area contributed by atoms with Crippen LogP contribution in [-0.4, -0.2) is 23.9 Å². The van der Waals surface area contributed by atoms with Crippen LogP contribution in [0.4, 0.5) is 11.4 Å². The maximum atomic E-state index is 12.4. The molecule has 0 aromatic heterocycles. The quantitative estimate of drug-likeness (QED) is 0.684. The van der Waals surface area contributed by atoms with Gasteiger partial charge in [-0.15, -0.1) is 0 Å². The second-order valence-electron chi connectivity index (χ2n) is 8.05. The Kier molecular flexibility index (Phi) is 7.49. The lowest BCUT2D eigenvalue weighted by Crippen LogP contribution is -2.44. The van der Waals surface area contributed by atoms with Crippen molar-refractivity contribution < 1.29 is 9.59 Å². The molecule has 26 heavy (non-hydrogen) atoms. The molecule has 1 aromatic rings. The van der Waals surface area contributed by atoms with E-state index in [2.05, 4.69) is 22.9 Å². The lowest BCUT2D eigenvalue weighted by molar-refractivity contribution is -0.122. The van der Waals surface area contributed by atoms with Gasteiger partial charge in [0.25, 0.3) is 0 Å². The molecular formula is C21H33N3O2. The minimum atomic E-state index is -0.296. The van der Waals surface area contributed by atoms with E-state index in [0.717, 1.165) is 30.1 Å². The Bertz CT molecular complexity index is 590. The highest BCUT2D eigenvalue weighted by atomic mass is 16.2. The first-order valence-corrected chi connectivity index (χ1v) is 9.80. The maximum absolute atomic E-state index is 12.4. The third-order valence-corrected chi connectivity index (χ3v) is 4.90. The van der Waals surface area contributed by atoms with Crippen molar-refractivity contribution in [1.82, 2.24) is 5.32 Å². The summed E-state index contributed by atoms with van der Waals surface area (Å²) in [5.74, 6) is 1.18. The van der Waals surface area contributed by atoms with Crippen molar-refractivity contribution in [3.63, 3.8) is 0 Å². The highest BCUT2D eigenvalue weighted by Gasteiger charge is 2.22. The summed E-state index contributed by atoms with van der Waals surface area (Å²) in [5.41, 5.74) is 1.64. The van der Waals surface area contributed by atoms with Gasteiger partial charge in [0.2, 0.25) is 11.8 Å². The predicted octanol–water partition coefficient (Wildman–Crippen LogP) is 4.17. The molecule has 5 nitrogen and oxygen atoms in total. The SMILES string of the molecule is CC(C)CC(=O)Nc1ccc(NC(C)C(=O)NC2CCC(C)CC2)cc1. The van der Waals surface area contributed by atoms with E-state index in [0.29, 0.717) is 18.4 Å². The summed E-state index contributed by atoms with van der Waals surface area (Å²) in [6.07, 6.45) is 5.04. The average molecular weight is 360 g/mol. The molecule has 1 saturated carbocycles. The highest BCUT2D eigenvalue weighted by molar-refractivity contribution is 5.91. The Hall–Kier alpha value is -2.04. The van der Waals surface area contributed by atoms with Crippen molar-refractivity contribution in [2.45, 2.75) is 71.9 Å². The number of hydrogen-bond acceptors (Lipinski definition) is 3. The van der Waals surface area contributed by atoms with E-state index in [-0.39, 0.29) is 17.9 Å². The Labute approximate surface area is 157 Å². The van der Waals surface area contributed by atoms with Crippen LogP contribution in [0.2, 0.25) is 0 Å². The van der Waals surface area contributed by atoms with Gasteiger partial charge in [-0.05, 0) is 68.7 Å². The van der Waals surface area contributed by atoms with Crippen LogP contribution in [-0.2, 0) is 9.59 Å². The second-order valence-corrected chi connectivity index (χ2v) is 8.05. The first-order chi connectivity index (χ1) is 12.3. The Balaban J connectivity index is 1.80. The van der Waals surface area contributed by atoms with Gasteiger partial charge in [0, 0.05) is 23.8 Å². The number of benzene rings is 1. The van der Waals surface area contributed by atoms with Gasteiger partial charge in [-0.2, -0.15) is 0 Å². The van der Waals surface area contributed by atoms with Crippen molar-refractivity contribution >= 4 is 23.2 Å². The van der Waals surface area contributed by atoms with Crippen LogP contribution in [0.15, 0.2) is 24.3 Å². The van der Waals surface area contributed by atoms with Crippen molar-refractivity contribution in [2.24, 2.45) is 11.8 Å². The van der Waals surface area contributed by atoms with Crippen LogP contribution in [0, 0.1) is 11.8 Å². The number of hydrogen-bond donors (Lipinski definition) is 3. The fraction of sp³-hybridized carbons (Fsp3) is 0.619. The first-order valence-electron chi connectivity index (χ1n) is 9.80. The van der Waals surface area contributed by atoms with E-state index in [9.17, 15) is 9.59 Å². The molecule has 1 aliphatic carbocycles. The Morgan fingerprint density at radius 3 is 2.15 bits per heavy atom. The van der Waals surface area contributed by atoms with Crippen molar-refractivity contribution in [2.75, 3.05) is 10.6 Å². The summed E-state index contributed by atoms with van der Waals surface area (Å²) in [4.78, 5) is 24.2. The number of carbonyl (C=O) groups excluding carboxylic acids is 2. The zero-order valence-electron chi connectivity index (χ0n) is 16.5. The minimum absolute atomic E-state index is 0.0234. The van der Waals surface area contributed by atoms with Gasteiger partial charge in [0.1, 0.15) is 6.04 Å². The molecule has 0 aliphatic heterocycles. The maximum Gasteiger partial charge on any atom is 0.242 e. The standard InChI is InChI=1S/C21H33N3O2/c1-14(2)13-20(25)23-18-11-9-17(10-12-18)22-16(4)21(26)24-19-7-5-15(3)6-8-19/h9-12,14-16,19,22H,5-8,13H2,1-4H3,(H,23,25)(H,24,26). The Morgan fingerprint density at radius 2 is 1.58 bits per heavy atom. The summed E-state index contributed by atoms with van der Waals surface area (Å²) >= 11 is 0. The monoisotopic (exact) mass is 359 g/mol. The minimum Gasteiger partial charge on any atom is -0.374 e. The number of amides is 2. The fourth-order valence-corrected chi connectivity index (χ4v) is 3.28. The van der Waals surface area contributed by atoms with E-state index >= 15 is 0 Å². The van der Waals surface area contributed by atoms with Gasteiger partial charge in [-0.3, -0.25) is 9.59 Å². The van der Waals surface area contributed by atoms with Crippen LogP contribution in [0.1, 0.15) is 59.8 Å². The molecule has 1 fully saturated rings. The molecule has 1 aliphatic rings. The molecule has 1 aromatic carbocycles. The van der Waals surface area contributed by atoms with E-state index in [1.54, 1.807) is 0 Å². The van der Waals surface area contributed by atoms with Gasteiger partial charge in [0.15, 0.2) is 0 Å². The van der Waals surface area contributed by atoms with Gasteiger partial charge in [-0.1, -0.05) is 20.8 Å². The second kappa shape index (κ2) is 9.60. The number of carbonyl (C=O) groups is 2. The zero-order valence-corrected chi connectivity index (χ0v) is 16.5. The lowest BCUT2D eigenvalue weighted by atomic mass is 9.87. The molecule has 5 heteroatoms. The highest BCUT2D eigenvalue weighted by Crippen LogP contribution is 2.23. The molecule has 1 atom stereocenters. The number of anilines is 2. The van der Waals surface area contributed by atoms with Crippen molar-refractivity contribution in [3.8, 4) is 0 Å². The van der Waals surface area contributed by atoms with Gasteiger partial charge >= 0.3 is 0 Å². The largest absolute Gasteiger partial charge is 0.374 e. The third kappa shape index (κ3) is 6.70. The zero-order chi connectivity index (χ0) is 19.1. The summed E-state index contributed by atoms with van der Waals surface area (Å²) in [5, 5.41) is 9.27. The molecule has 1 unspecified atom stereocenters. The third-order valence-electron chi connectivity index (χ3n) is 4.90. The van der Waals surface area contributed by atoms with E-state index in [1.807, 2.05) is 45.0 Å². The van der Waals surface area contributed by atoms with Crippen LogP contribution in [0.3, 0.4) is 0 Å². The smallest absolute Gasteiger partial charge is 0.242 e. The van der Waals surface area contributed by atoms with Crippen molar-refractivity contribution in [3.05, 3.63) is 24.3 Å². The molecule has 3 N–H and O–H groups in total. The van der Waals surface area contributed by atoms with Crippen LogP contribution in [0.5, 0.6) is 0 Å². The number of nitrogens with one attached hydrogen (secondary N) is 3. The van der Waals surface area contributed by atoms with Crippen LogP contribution < -0.4 is 16.0 Å². The lowest BCUT2D eigenvalue weighted by Gasteiger charge is -2.28. The van der Waals surface area contributed by atoms with Crippen LogP contribution >= 0.6 is 0 Å². The molecule has 144 valence electrons. The van der Waals surface area contributed by atoms with Gasteiger partial charge in [-0.25, -0.2) is 0 Å². The molecule has 0 spiro atoms. The molecule has 0 radical (unpaired) electrons. The summed E-state index contributed by atoms with van der Waals surface area (Å²) in [6, 6.07) is 7.49. The van der Waals surface area contributed by atoms with Gasteiger partial charge in [0.05, 0.1) is 0 Å². The van der Waals surface area contributed by atoms with E-state index in [1.165, 1.54) is 12.8 Å². The molecule has 2 amide bonds. The molecule has 0 heterocycles. The van der Waals surface area contributed by atoms with E-state index in [4.69, 9.17) is 0 Å². The summed E-state index contributed by atoms with van der Waals surface area (Å²) in [6.45, 7) is 8.19. The fourth-order valence-electron chi connectivity index (χ4n) is 3.28. The first kappa shape index (κ1) is 20.3. The molecular weight excluding hydrogens is 326 g/mol.